The Balaban J connectivity index is 3.02. The van der Waals surface area contributed by atoms with Crippen molar-refractivity contribution in [3.8, 4) is 6.19 Å². The Hall–Kier alpha value is -1.82. The minimum atomic E-state index is -0.352. The molecule has 13 heavy (non-hydrogen) atoms. The molecule has 0 aromatic heterocycles. The van der Waals surface area contributed by atoms with Gasteiger partial charge in [-0.25, -0.2) is 0 Å². The normalized spacial score (nSPS) is 9.00. The van der Waals surface area contributed by atoms with Gasteiger partial charge in [-0.3, -0.25) is 10.1 Å². The lowest BCUT2D eigenvalue weighted by Crippen LogP contribution is -2.17. The van der Waals surface area contributed by atoms with E-state index in [2.05, 4.69) is 5.32 Å². The second-order valence-electron chi connectivity index (χ2n) is 2.94. The Labute approximate surface area is 77.0 Å². The van der Waals surface area contributed by atoms with E-state index in [0.29, 0.717) is 5.56 Å². The SMILES string of the molecule is Cc1cc(C)cc(C(=O)NC#N)c1. The van der Waals surface area contributed by atoms with E-state index in [1.807, 2.05) is 19.9 Å². The third kappa shape index (κ3) is 2.31. The van der Waals surface area contributed by atoms with E-state index in [9.17, 15) is 4.79 Å². The van der Waals surface area contributed by atoms with Crippen LogP contribution in [0.3, 0.4) is 0 Å². The number of nitrogens with zero attached hydrogens (tertiary/aromatic N) is 1. The summed E-state index contributed by atoms with van der Waals surface area (Å²) in [6.07, 6.45) is 1.61. The van der Waals surface area contributed by atoms with E-state index in [0.717, 1.165) is 11.1 Å². The van der Waals surface area contributed by atoms with Gasteiger partial charge in [0.05, 0.1) is 0 Å². The minimum absolute atomic E-state index is 0.352. The number of carbonyl (C=O) groups excluding carboxylic acids is 1. The maximum Gasteiger partial charge on any atom is 0.264 e. The number of nitriles is 1. The second-order valence-corrected chi connectivity index (χ2v) is 2.94. The monoisotopic (exact) mass is 174 g/mol. The second kappa shape index (κ2) is 3.72. The van der Waals surface area contributed by atoms with Gasteiger partial charge in [-0.15, -0.1) is 0 Å². The van der Waals surface area contributed by atoms with Crippen molar-refractivity contribution < 1.29 is 4.79 Å². The number of hydrogen-bond donors (Lipinski definition) is 1. The van der Waals surface area contributed by atoms with Gasteiger partial charge in [0.15, 0.2) is 6.19 Å². The zero-order valence-electron chi connectivity index (χ0n) is 7.59. The standard InChI is InChI=1S/C10H10N2O/c1-7-3-8(2)5-9(4-7)10(13)12-6-11/h3-5H,1-2H3,(H,12,13). The summed E-state index contributed by atoms with van der Waals surface area (Å²) in [6.45, 7) is 3.83. The molecule has 0 spiro atoms. The van der Waals surface area contributed by atoms with Crippen LogP contribution in [-0.4, -0.2) is 5.91 Å². The predicted molar refractivity (Wildman–Crippen MR) is 49.0 cm³/mol. The van der Waals surface area contributed by atoms with Gasteiger partial charge in [0, 0.05) is 5.56 Å². The molecule has 0 radical (unpaired) electrons. The Morgan fingerprint density at radius 1 is 1.31 bits per heavy atom. The van der Waals surface area contributed by atoms with Crippen LogP contribution in [0.2, 0.25) is 0 Å². The Bertz CT molecular complexity index is 357. The quantitative estimate of drug-likeness (QED) is 0.518. The van der Waals surface area contributed by atoms with Crippen LogP contribution >= 0.6 is 0 Å². The molecule has 0 aliphatic heterocycles. The highest BCUT2D eigenvalue weighted by molar-refractivity contribution is 5.95. The van der Waals surface area contributed by atoms with E-state index in [-0.39, 0.29) is 5.91 Å². The van der Waals surface area contributed by atoms with Crippen LogP contribution in [-0.2, 0) is 0 Å². The van der Waals surface area contributed by atoms with Crippen molar-refractivity contribution in [2.75, 3.05) is 0 Å². The first kappa shape index (κ1) is 9.27. The molecule has 0 fully saturated rings. The molecule has 0 aliphatic carbocycles. The summed E-state index contributed by atoms with van der Waals surface area (Å²) in [7, 11) is 0. The fraction of sp³-hybridized carbons (Fsp3) is 0.200. The third-order valence-electron chi connectivity index (χ3n) is 1.65. The first-order chi connectivity index (χ1) is 6.13. The van der Waals surface area contributed by atoms with Crippen molar-refractivity contribution in [1.29, 1.82) is 5.26 Å². The molecule has 1 N–H and O–H groups in total. The third-order valence-corrected chi connectivity index (χ3v) is 1.65. The molecule has 0 unspecified atom stereocenters. The number of amides is 1. The van der Waals surface area contributed by atoms with E-state index < -0.39 is 0 Å². The summed E-state index contributed by atoms with van der Waals surface area (Å²) in [6, 6.07) is 5.47. The van der Waals surface area contributed by atoms with Crippen molar-refractivity contribution in [2.45, 2.75) is 13.8 Å². The smallest absolute Gasteiger partial charge is 0.264 e. The van der Waals surface area contributed by atoms with Crippen LogP contribution in [0.5, 0.6) is 0 Å². The fourth-order valence-electron chi connectivity index (χ4n) is 1.23. The number of hydrogen-bond acceptors (Lipinski definition) is 2. The lowest BCUT2D eigenvalue weighted by atomic mass is 10.1. The predicted octanol–water partition coefficient (Wildman–Crippen LogP) is 1.51. The van der Waals surface area contributed by atoms with Crippen LogP contribution < -0.4 is 5.32 Å². The van der Waals surface area contributed by atoms with Gasteiger partial charge in [0.2, 0.25) is 0 Å². The highest BCUT2D eigenvalue weighted by Crippen LogP contribution is 2.08. The fourth-order valence-corrected chi connectivity index (χ4v) is 1.23. The largest absolute Gasteiger partial charge is 0.268 e. The molecule has 0 bridgehead atoms. The van der Waals surface area contributed by atoms with Crippen LogP contribution in [0.15, 0.2) is 18.2 Å². The summed E-state index contributed by atoms with van der Waals surface area (Å²) in [5.41, 5.74) is 2.56. The van der Waals surface area contributed by atoms with E-state index in [1.165, 1.54) is 0 Å². The Morgan fingerprint density at radius 2 is 1.85 bits per heavy atom. The molecule has 0 aliphatic rings. The molecule has 66 valence electrons. The number of aryl methyl sites for hydroxylation is 2. The molecule has 0 atom stereocenters. The number of carbonyl (C=O) groups is 1. The molecular weight excluding hydrogens is 164 g/mol. The average molecular weight is 174 g/mol. The molecule has 3 heteroatoms. The maximum atomic E-state index is 11.2. The molecule has 3 nitrogen and oxygen atoms in total. The summed E-state index contributed by atoms with van der Waals surface area (Å²) in [4.78, 5) is 11.2. The Kier molecular flexibility index (Phi) is 2.65. The van der Waals surface area contributed by atoms with Gasteiger partial charge in [0.1, 0.15) is 0 Å². The minimum Gasteiger partial charge on any atom is -0.268 e. The highest BCUT2D eigenvalue weighted by atomic mass is 16.1. The van der Waals surface area contributed by atoms with Crippen LogP contribution in [0.4, 0.5) is 0 Å². The first-order valence-electron chi connectivity index (χ1n) is 3.91. The van der Waals surface area contributed by atoms with E-state index in [1.54, 1.807) is 18.3 Å². The maximum absolute atomic E-state index is 11.2. The van der Waals surface area contributed by atoms with Crippen LogP contribution in [0.25, 0.3) is 0 Å². The highest BCUT2D eigenvalue weighted by Gasteiger charge is 2.04. The molecule has 1 aromatic carbocycles. The lowest BCUT2D eigenvalue weighted by Gasteiger charge is -2.01. The van der Waals surface area contributed by atoms with Gasteiger partial charge in [-0.1, -0.05) is 17.2 Å². The van der Waals surface area contributed by atoms with Crippen LogP contribution in [0, 0.1) is 25.3 Å². The van der Waals surface area contributed by atoms with Crippen LogP contribution in [0.1, 0.15) is 21.5 Å². The topological polar surface area (TPSA) is 52.9 Å². The molecule has 1 amide bonds. The molecule has 0 saturated carbocycles. The molecule has 0 heterocycles. The van der Waals surface area contributed by atoms with Gasteiger partial charge in [-0.2, -0.15) is 5.26 Å². The van der Waals surface area contributed by atoms with Crippen molar-refractivity contribution >= 4 is 5.91 Å². The Morgan fingerprint density at radius 3 is 2.31 bits per heavy atom. The average Bonchev–Trinajstić information content (AvgIpc) is 2.03. The van der Waals surface area contributed by atoms with E-state index >= 15 is 0 Å². The van der Waals surface area contributed by atoms with Crippen molar-refractivity contribution in [1.82, 2.24) is 5.32 Å². The van der Waals surface area contributed by atoms with Gasteiger partial charge >= 0.3 is 0 Å². The molecule has 1 rings (SSSR count). The first-order valence-corrected chi connectivity index (χ1v) is 3.91. The number of benzene rings is 1. The summed E-state index contributed by atoms with van der Waals surface area (Å²) in [5.74, 6) is -0.352. The summed E-state index contributed by atoms with van der Waals surface area (Å²) < 4.78 is 0. The van der Waals surface area contributed by atoms with Crippen molar-refractivity contribution in [3.05, 3.63) is 34.9 Å². The van der Waals surface area contributed by atoms with Gasteiger partial charge in [0.25, 0.3) is 5.91 Å². The summed E-state index contributed by atoms with van der Waals surface area (Å²) >= 11 is 0. The molecule has 1 aromatic rings. The van der Waals surface area contributed by atoms with Crippen molar-refractivity contribution in [2.24, 2.45) is 0 Å². The summed E-state index contributed by atoms with van der Waals surface area (Å²) in [5, 5.41) is 10.3. The zero-order chi connectivity index (χ0) is 9.84. The number of rotatable bonds is 1. The lowest BCUT2D eigenvalue weighted by molar-refractivity contribution is 0.0972. The molecular formula is C10H10N2O. The zero-order valence-corrected chi connectivity index (χ0v) is 7.59. The van der Waals surface area contributed by atoms with E-state index in [4.69, 9.17) is 5.26 Å². The van der Waals surface area contributed by atoms with Gasteiger partial charge < -0.3 is 0 Å². The van der Waals surface area contributed by atoms with Crippen molar-refractivity contribution in [3.63, 3.8) is 0 Å². The number of nitrogens with one attached hydrogen (secondary N) is 1. The van der Waals surface area contributed by atoms with Gasteiger partial charge in [-0.05, 0) is 26.0 Å². The molecule has 0 saturated heterocycles.